The third kappa shape index (κ3) is 3.95. The minimum absolute atomic E-state index is 0.219. The summed E-state index contributed by atoms with van der Waals surface area (Å²) in [6.45, 7) is 1.95. The molecule has 3 aromatic rings. The smallest absolute Gasteiger partial charge is 0.311 e. The number of rotatable bonds is 4. The summed E-state index contributed by atoms with van der Waals surface area (Å²) < 4.78 is 0. The lowest BCUT2D eigenvalue weighted by Gasteiger charge is -2.29. The first-order valence-electron chi connectivity index (χ1n) is 9.41. The van der Waals surface area contributed by atoms with Gasteiger partial charge >= 0.3 is 5.69 Å². The van der Waals surface area contributed by atoms with Crippen molar-refractivity contribution in [2.45, 2.75) is 50.9 Å². The summed E-state index contributed by atoms with van der Waals surface area (Å²) in [7, 11) is 0. The van der Waals surface area contributed by atoms with Gasteiger partial charge in [0.1, 0.15) is 0 Å². The number of hydrogen-bond acceptors (Lipinski definition) is 4. The predicted octanol–water partition coefficient (Wildman–Crippen LogP) is 3.86. The molecule has 0 aliphatic heterocycles. The van der Waals surface area contributed by atoms with E-state index >= 15 is 0 Å². The van der Waals surface area contributed by atoms with E-state index in [1.165, 1.54) is 5.56 Å². The van der Waals surface area contributed by atoms with Crippen LogP contribution >= 0.6 is 11.3 Å². The molecule has 0 saturated heterocycles. The third-order valence-corrected chi connectivity index (χ3v) is 6.44. The first-order valence-corrected chi connectivity index (χ1v) is 10.3. The van der Waals surface area contributed by atoms with E-state index in [-0.39, 0.29) is 11.5 Å². The van der Waals surface area contributed by atoms with Crippen LogP contribution in [0.1, 0.15) is 65.0 Å². The number of aromatic amines is 2. The highest BCUT2D eigenvalue weighted by molar-refractivity contribution is 7.09. The van der Waals surface area contributed by atoms with Crippen LogP contribution in [-0.4, -0.2) is 15.0 Å². The second-order valence-electron chi connectivity index (χ2n) is 7.32. The zero-order chi connectivity index (χ0) is 18.8. The van der Waals surface area contributed by atoms with E-state index in [0.29, 0.717) is 17.9 Å². The van der Waals surface area contributed by atoms with E-state index < -0.39 is 5.69 Å². The van der Waals surface area contributed by atoms with Gasteiger partial charge in [-0.2, -0.15) is 0 Å². The molecule has 5 nitrogen and oxygen atoms in total. The van der Waals surface area contributed by atoms with Gasteiger partial charge in [0.25, 0.3) is 5.56 Å². The van der Waals surface area contributed by atoms with Crippen LogP contribution in [0.5, 0.6) is 0 Å². The Morgan fingerprint density at radius 2 is 1.74 bits per heavy atom. The van der Waals surface area contributed by atoms with Gasteiger partial charge in [-0.1, -0.05) is 30.3 Å². The Kier molecular flexibility index (Phi) is 5.07. The van der Waals surface area contributed by atoms with Gasteiger partial charge in [0.05, 0.1) is 5.01 Å². The summed E-state index contributed by atoms with van der Waals surface area (Å²) in [5, 5.41) is 2.89. The molecule has 0 radical (unpaired) electrons. The molecular formula is C21H23N3O2S. The maximum atomic E-state index is 12.5. The summed E-state index contributed by atoms with van der Waals surface area (Å²) in [5.74, 6) is 0.775. The van der Waals surface area contributed by atoms with Crippen LogP contribution in [0.4, 0.5) is 0 Å². The summed E-state index contributed by atoms with van der Waals surface area (Å²) in [5.41, 5.74) is 3.11. The van der Waals surface area contributed by atoms with E-state index in [4.69, 9.17) is 0 Å². The van der Waals surface area contributed by atoms with Crippen molar-refractivity contribution in [2.75, 3.05) is 0 Å². The van der Waals surface area contributed by atoms with Crippen LogP contribution in [0.15, 0.2) is 45.3 Å². The maximum Gasteiger partial charge on any atom is 0.325 e. The van der Waals surface area contributed by atoms with Crippen molar-refractivity contribution in [3.05, 3.63) is 84.1 Å². The maximum absolute atomic E-state index is 12.5. The highest BCUT2D eigenvalue weighted by Gasteiger charge is 2.27. The fourth-order valence-electron chi connectivity index (χ4n) is 4.13. The molecule has 1 fully saturated rings. The highest BCUT2D eigenvalue weighted by atomic mass is 32.1. The van der Waals surface area contributed by atoms with Crippen molar-refractivity contribution in [3.8, 4) is 0 Å². The van der Waals surface area contributed by atoms with Crippen molar-refractivity contribution < 1.29 is 0 Å². The van der Waals surface area contributed by atoms with E-state index in [1.807, 2.05) is 18.4 Å². The molecule has 2 N–H and O–H groups in total. The minimum Gasteiger partial charge on any atom is -0.311 e. The second kappa shape index (κ2) is 7.64. The lowest BCUT2D eigenvalue weighted by Crippen LogP contribution is -2.30. The number of nitrogens with zero attached hydrogens (tertiary/aromatic N) is 1. The SMILES string of the molecule is Cc1csc(Cc2c(=O)[nH]c(=O)[nH]c2[C@H]2CC[C@H](c3ccccc3)CC2)n1. The van der Waals surface area contributed by atoms with Crippen LogP contribution in [0.25, 0.3) is 0 Å². The van der Waals surface area contributed by atoms with E-state index in [9.17, 15) is 9.59 Å². The van der Waals surface area contributed by atoms with Crippen molar-refractivity contribution in [2.24, 2.45) is 0 Å². The van der Waals surface area contributed by atoms with Crippen LogP contribution in [0, 0.1) is 6.92 Å². The molecule has 1 aliphatic rings. The van der Waals surface area contributed by atoms with Gasteiger partial charge in [-0.05, 0) is 50.0 Å². The van der Waals surface area contributed by atoms with Gasteiger partial charge in [-0.15, -0.1) is 11.3 Å². The molecule has 1 aliphatic carbocycles. The molecule has 0 atom stereocenters. The van der Waals surface area contributed by atoms with Crippen molar-refractivity contribution in [1.82, 2.24) is 15.0 Å². The lowest BCUT2D eigenvalue weighted by molar-refractivity contribution is 0.388. The predicted molar refractivity (Wildman–Crippen MR) is 108 cm³/mol. The number of nitrogens with one attached hydrogen (secondary N) is 2. The Bertz CT molecular complexity index is 1030. The molecular weight excluding hydrogens is 358 g/mol. The number of thiazole rings is 1. The Hall–Kier alpha value is -2.47. The number of aromatic nitrogens is 3. The van der Waals surface area contributed by atoms with E-state index in [1.54, 1.807) is 11.3 Å². The van der Waals surface area contributed by atoms with Crippen molar-refractivity contribution >= 4 is 11.3 Å². The molecule has 0 spiro atoms. The Morgan fingerprint density at radius 3 is 2.41 bits per heavy atom. The van der Waals surface area contributed by atoms with Gasteiger partial charge in [-0.25, -0.2) is 9.78 Å². The van der Waals surface area contributed by atoms with Gasteiger partial charge in [0, 0.05) is 28.8 Å². The minimum atomic E-state index is -0.417. The first kappa shape index (κ1) is 17.9. The standard InChI is InChI=1S/C21H23N3O2S/c1-13-12-27-18(22-13)11-17-19(23-21(26)24-20(17)25)16-9-7-15(8-10-16)14-5-3-2-4-6-14/h2-6,12,15-16H,7-11H2,1H3,(H2,23,24,25,26)/t15-,16-. The monoisotopic (exact) mass is 381 g/mol. The van der Waals surface area contributed by atoms with Crippen molar-refractivity contribution in [3.63, 3.8) is 0 Å². The third-order valence-electron chi connectivity index (χ3n) is 5.48. The average molecular weight is 382 g/mol. The molecule has 0 bridgehead atoms. The summed E-state index contributed by atoms with van der Waals surface area (Å²) in [6, 6.07) is 10.6. The fraction of sp³-hybridized carbons (Fsp3) is 0.381. The quantitative estimate of drug-likeness (QED) is 0.720. The van der Waals surface area contributed by atoms with Gasteiger partial charge < -0.3 is 4.98 Å². The van der Waals surface area contributed by atoms with Gasteiger partial charge in [0.2, 0.25) is 0 Å². The Labute approximate surface area is 161 Å². The largest absolute Gasteiger partial charge is 0.325 e. The topological polar surface area (TPSA) is 78.6 Å². The zero-order valence-electron chi connectivity index (χ0n) is 15.3. The normalized spacial score (nSPS) is 19.9. The van der Waals surface area contributed by atoms with Crippen LogP contribution in [-0.2, 0) is 6.42 Å². The molecule has 1 aromatic carbocycles. The van der Waals surface area contributed by atoms with Gasteiger partial charge in [0.15, 0.2) is 0 Å². The van der Waals surface area contributed by atoms with Gasteiger partial charge in [-0.3, -0.25) is 9.78 Å². The van der Waals surface area contributed by atoms with Crippen molar-refractivity contribution in [1.29, 1.82) is 0 Å². The first-order chi connectivity index (χ1) is 13.1. The second-order valence-corrected chi connectivity index (χ2v) is 8.26. The molecule has 2 aromatic heterocycles. The van der Waals surface area contributed by atoms with E-state index in [0.717, 1.165) is 42.1 Å². The number of hydrogen-bond donors (Lipinski definition) is 2. The molecule has 1 saturated carbocycles. The summed E-state index contributed by atoms with van der Waals surface area (Å²) >= 11 is 1.55. The highest BCUT2D eigenvalue weighted by Crippen LogP contribution is 2.40. The molecule has 4 rings (SSSR count). The average Bonchev–Trinajstić information content (AvgIpc) is 3.09. The van der Waals surface area contributed by atoms with Crippen LogP contribution in [0.3, 0.4) is 0 Å². The molecule has 6 heteroatoms. The number of benzene rings is 1. The molecule has 27 heavy (non-hydrogen) atoms. The lowest BCUT2D eigenvalue weighted by atomic mass is 9.76. The molecule has 140 valence electrons. The Balaban J connectivity index is 1.58. The summed E-state index contributed by atoms with van der Waals surface area (Å²) in [6.07, 6.45) is 4.56. The zero-order valence-corrected chi connectivity index (χ0v) is 16.1. The fourth-order valence-corrected chi connectivity index (χ4v) is 4.91. The van der Waals surface area contributed by atoms with Crippen LogP contribution < -0.4 is 11.2 Å². The molecule has 2 heterocycles. The summed E-state index contributed by atoms with van der Waals surface area (Å²) in [4.78, 5) is 34.2. The van der Waals surface area contributed by atoms with E-state index in [2.05, 4.69) is 39.2 Å². The molecule has 0 amide bonds. The number of aryl methyl sites for hydroxylation is 1. The molecule has 0 unspecified atom stereocenters. The number of H-pyrrole nitrogens is 2. The Morgan fingerprint density at radius 1 is 1.04 bits per heavy atom. The van der Waals surface area contributed by atoms with Crippen LogP contribution in [0.2, 0.25) is 0 Å².